The van der Waals surface area contributed by atoms with E-state index in [1.54, 1.807) is 6.07 Å². The van der Waals surface area contributed by atoms with E-state index in [0.717, 1.165) is 22.2 Å². The van der Waals surface area contributed by atoms with E-state index in [4.69, 9.17) is 26.1 Å². The van der Waals surface area contributed by atoms with Gasteiger partial charge >= 0.3 is 11.9 Å². The number of nitrogens with two attached hydrogens (primary N) is 2. The summed E-state index contributed by atoms with van der Waals surface area (Å²) in [5.74, 6) is -3.75. The zero-order valence-corrected chi connectivity index (χ0v) is 27.8. The first kappa shape index (κ1) is 33.4. The van der Waals surface area contributed by atoms with Crippen LogP contribution in [0.4, 0.5) is 5.13 Å². The van der Waals surface area contributed by atoms with E-state index in [2.05, 4.69) is 10.1 Å². The van der Waals surface area contributed by atoms with Gasteiger partial charge < -0.3 is 35.5 Å². The Hall–Kier alpha value is -5.49. The average molecular weight is 708 g/mol. The first-order valence-electron chi connectivity index (χ1n) is 14.8. The van der Waals surface area contributed by atoms with Crippen LogP contribution in [-0.4, -0.2) is 76.6 Å². The average Bonchev–Trinajstić information content (AvgIpc) is 3.80. The lowest BCUT2D eigenvalue weighted by atomic mass is 9.89. The molecule has 2 aliphatic heterocycles. The number of aromatic nitrogens is 3. The molecule has 6 rings (SSSR count). The summed E-state index contributed by atoms with van der Waals surface area (Å²) in [4.78, 5) is 61.5. The summed E-state index contributed by atoms with van der Waals surface area (Å²) >= 11 is 2.40. The van der Waals surface area contributed by atoms with Gasteiger partial charge in [0.1, 0.15) is 34.8 Å². The number of rotatable bonds is 13. The van der Waals surface area contributed by atoms with Gasteiger partial charge in [0.15, 0.2) is 35.6 Å². The van der Waals surface area contributed by atoms with Crippen molar-refractivity contribution in [2.24, 2.45) is 16.8 Å². The van der Waals surface area contributed by atoms with Crippen LogP contribution in [0, 0.1) is 11.3 Å². The smallest absolute Gasteiger partial charge is 0.352 e. The third kappa shape index (κ3) is 6.51. The summed E-state index contributed by atoms with van der Waals surface area (Å²) in [5, 5.41) is 33.0. The van der Waals surface area contributed by atoms with Crippen molar-refractivity contribution in [2.45, 2.75) is 44.3 Å². The Bertz CT molecular complexity index is 2090. The molecule has 16 nitrogen and oxygen atoms in total. The minimum Gasteiger partial charge on any atom is -0.478 e. The molecule has 18 heteroatoms. The van der Waals surface area contributed by atoms with E-state index < -0.39 is 40.5 Å². The minimum absolute atomic E-state index is 0.0760. The highest BCUT2D eigenvalue weighted by Crippen LogP contribution is 2.45. The summed E-state index contributed by atoms with van der Waals surface area (Å²) in [6.07, 6.45) is 6.71. The summed E-state index contributed by atoms with van der Waals surface area (Å²) in [5.41, 5.74) is 11.1. The Morgan fingerprint density at radius 2 is 2.06 bits per heavy atom. The van der Waals surface area contributed by atoms with E-state index in [-0.39, 0.29) is 41.0 Å². The fourth-order valence-electron chi connectivity index (χ4n) is 5.47. The summed E-state index contributed by atoms with van der Waals surface area (Å²) in [6.45, 7) is 3.11. The number of amides is 1. The maximum absolute atomic E-state index is 13.5. The topological polar surface area (TPSA) is 244 Å². The zero-order valence-electron chi connectivity index (χ0n) is 26.2. The van der Waals surface area contributed by atoms with Crippen molar-refractivity contribution in [3.8, 4) is 0 Å². The third-order valence-electron chi connectivity index (χ3n) is 8.11. The van der Waals surface area contributed by atoms with Crippen molar-refractivity contribution in [3.05, 3.63) is 76.7 Å². The number of carboxylic acid groups (broad SMARTS) is 2. The molecule has 4 aromatic heterocycles. The van der Waals surface area contributed by atoms with Crippen LogP contribution in [0.2, 0.25) is 0 Å². The molecule has 0 unspecified atom stereocenters. The van der Waals surface area contributed by atoms with Crippen molar-refractivity contribution in [3.63, 3.8) is 0 Å². The number of hydrogen-bond acceptors (Lipinski definition) is 12. The van der Waals surface area contributed by atoms with Gasteiger partial charge in [-0.15, -0.1) is 23.1 Å². The fourth-order valence-corrected chi connectivity index (χ4v) is 7.42. The normalized spacial score (nSPS) is 18.0. The number of thiazole rings is 1. The molecule has 254 valence electrons. The second-order valence-corrected chi connectivity index (χ2v) is 13.9. The van der Waals surface area contributed by atoms with Gasteiger partial charge in [0.05, 0.1) is 23.4 Å². The van der Waals surface area contributed by atoms with Crippen LogP contribution in [0.3, 0.4) is 0 Å². The van der Waals surface area contributed by atoms with E-state index >= 15 is 0 Å². The zero-order chi connectivity index (χ0) is 35.2. The number of thioether (sulfide) groups is 1. The fraction of sp³-hybridized carbons (Fsp3) is 0.290. The molecular formula is C31H31N8O8S2+. The van der Waals surface area contributed by atoms with Crippen LogP contribution in [-0.2, 0) is 37.1 Å². The van der Waals surface area contributed by atoms with Crippen molar-refractivity contribution >= 4 is 74.3 Å². The first-order chi connectivity index (χ1) is 23.2. The van der Waals surface area contributed by atoms with Crippen molar-refractivity contribution in [1.29, 1.82) is 5.41 Å². The number of amidine groups is 1. The lowest BCUT2D eigenvalue weighted by molar-refractivity contribution is -0.687. The van der Waals surface area contributed by atoms with Crippen molar-refractivity contribution in [1.82, 2.24) is 14.5 Å². The number of nitrogens with zero attached hydrogens (tertiary/aromatic N) is 5. The van der Waals surface area contributed by atoms with Crippen LogP contribution in [0.25, 0.3) is 10.9 Å². The molecule has 0 saturated carbocycles. The quantitative estimate of drug-likeness (QED) is 0.0441. The predicted octanol–water partition coefficient (Wildman–Crippen LogP) is 2.01. The van der Waals surface area contributed by atoms with Gasteiger partial charge in [-0.1, -0.05) is 5.16 Å². The van der Waals surface area contributed by atoms with E-state index in [1.165, 1.54) is 42.2 Å². The molecule has 1 saturated heterocycles. The molecule has 0 aromatic carbocycles. The summed E-state index contributed by atoms with van der Waals surface area (Å²) in [6, 6.07) is 5.55. The Labute approximate surface area is 286 Å². The van der Waals surface area contributed by atoms with E-state index in [1.807, 2.05) is 39.9 Å². The summed E-state index contributed by atoms with van der Waals surface area (Å²) < 4.78 is 9.35. The Morgan fingerprint density at radius 3 is 2.71 bits per heavy atom. The standard InChI is InChI=1S/C31H30N8O8S2/c1-31(2,29(44)45)47-36-23(20-14-49-30(34)35-20)22(40)8-19-26(41)39-24(28(42)43)17(13-48-27(19)39)9-37-5-3-15-4-6-38(21(15)11-37)10-18-7-16(12-46-18)25(32)33/h3-7,11-12,14,19,27H,8-10,13H2,1-2H3,(H6-,32,33,34,35,42,43,44,45)/p+1/b36-23-/t19-,27-/m1/s1. The molecule has 1 fully saturated rings. The number of Topliss-reactive ketones (excluding diaryl/α,β-unsaturated/α-hetero) is 1. The number of anilines is 1. The Balaban J connectivity index is 1.21. The second-order valence-electron chi connectivity index (χ2n) is 11.9. The maximum atomic E-state index is 13.5. The molecule has 2 aliphatic rings. The van der Waals surface area contributed by atoms with Gasteiger partial charge in [-0.05, 0) is 26.0 Å². The van der Waals surface area contributed by atoms with Crippen LogP contribution in [0.15, 0.2) is 69.3 Å². The molecule has 2 atom stereocenters. The van der Waals surface area contributed by atoms with E-state index in [0.29, 0.717) is 29.2 Å². The Morgan fingerprint density at radius 1 is 1.29 bits per heavy atom. The highest BCUT2D eigenvalue weighted by molar-refractivity contribution is 8.00. The number of pyridine rings is 1. The van der Waals surface area contributed by atoms with Crippen LogP contribution in [0.5, 0.6) is 0 Å². The SMILES string of the molecule is CC(C)(O/N=C(\C(=O)C[C@@H]1C(=O)N2C(C(=O)O)=C(C[n+]3ccc4ccn(Cc5cc(C(=N)N)co5)c4c3)CS[C@H]12)c1csc(N)n1)C(=O)O. The van der Waals surface area contributed by atoms with Crippen LogP contribution < -0.4 is 16.0 Å². The van der Waals surface area contributed by atoms with Gasteiger partial charge in [0.2, 0.25) is 11.5 Å². The molecule has 49 heavy (non-hydrogen) atoms. The molecule has 7 N–H and O–H groups in total. The number of ketones is 1. The lowest BCUT2D eigenvalue weighted by Crippen LogP contribution is -2.62. The molecule has 6 heterocycles. The number of carbonyl (C=O) groups excluding carboxylic acids is 2. The number of fused-ring (bicyclic) bond motifs is 2. The number of carboxylic acids is 2. The third-order valence-corrected chi connectivity index (χ3v) is 10.2. The van der Waals surface area contributed by atoms with Gasteiger partial charge in [0, 0.05) is 40.8 Å². The predicted molar refractivity (Wildman–Crippen MR) is 178 cm³/mol. The maximum Gasteiger partial charge on any atom is 0.352 e. The number of hydrogen-bond donors (Lipinski definition) is 5. The number of carbonyl (C=O) groups is 4. The minimum atomic E-state index is -1.75. The number of oxime groups is 1. The van der Waals surface area contributed by atoms with E-state index in [9.17, 15) is 29.4 Å². The molecule has 0 bridgehead atoms. The summed E-state index contributed by atoms with van der Waals surface area (Å²) in [7, 11) is 0. The molecule has 4 aromatic rings. The number of nitrogens with one attached hydrogen (secondary N) is 1. The lowest BCUT2D eigenvalue weighted by Gasteiger charge is -2.49. The highest BCUT2D eigenvalue weighted by Gasteiger charge is 2.54. The number of nitrogen functional groups attached to an aromatic ring is 2. The first-order valence-corrected chi connectivity index (χ1v) is 16.7. The molecule has 0 radical (unpaired) electrons. The van der Waals surface area contributed by atoms with Crippen LogP contribution >= 0.6 is 23.1 Å². The molecular weight excluding hydrogens is 677 g/mol. The van der Waals surface area contributed by atoms with Gasteiger partial charge in [-0.3, -0.25) is 19.9 Å². The van der Waals surface area contributed by atoms with Gasteiger partial charge in [0.25, 0.3) is 0 Å². The molecule has 0 spiro atoms. The molecule has 1 amide bonds. The monoisotopic (exact) mass is 707 g/mol. The number of furan rings is 1. The number of aliphatic carboxylic acids is 2. The Kier molecular flexibility index (Phi) is 8.76. The number of β-lactam (4-membered cyclic amide) rings is 1. The van der Waals surface area contributed by atoms with Gasteiger partial charge in [-0.25, -0.2) is 14.6 Å². The highest BCUT2D eigenvalue weighted by atomic mass is 32.2. The molecule has 0 aliphatic carbocycles. The largest absolute Gasteiger partial charge is 0.478 e. The van der Waals surface area contributed by atoms with Gasteiger partial charge in [-0.2, -0.15) is 4.57 Å². The van der Waals surface area contributed by atoms with Crippen molar-refractivity contribution in [2.75, 3.05) is 11.5 Å². The van der Waals surface area contributed by atoms with Crippen molar-refractivity contribution < 1.29 is 43.2 Å². The van der Waals surface area contributed by atoms with Crippen LogP contribution in [0.1, 0.15) is 37.3 Å². The second kappa shape index (κ2) is 12.8.